The molecule has 2 atom stereocenters. The molecule has 1 aliphatic heterocycles. The molecule has 1 saturated heterocycles. The van der Waals surface area contributed by atoms with Crippen LogP contribution in [0.1, 0.15) is 42.5 Å². The van der Waals surface area contributed by atoms with Crippen molar-refractivity contribution in [3.63, 3.8) is 0 Å². The zero-order valence-electron chi connectivity index (χ0n) is 14.0. The molecule has 1 N–H and O–H groups in total. The molecular weight excluding hydrogens is 321 g/mol. The molecule has 0 spiro atoms. The Balaban J connectivity index is 1.51. The molecular formula is C20H22FNO3. The molecule has 1 amide bonds. The normalized spacial score (nSPS) is 18.3. The standard InChI is InChI=1S/C20H22FNO3/c21-17-11-9-16(10-12-17)19(23)7-4-8-20(24)22-14-25-13-18(22)15-5-2-1-3-6-15/h1-3,5-6,9-12,18-19,23H,4,7-8,13-14H2. The molecule has 1 fully saturated rings. The molecule has 5 heteroatoms. The summed E-state index contributed by atoms with van der Waals surface area (Å²) in [5, 5.41) is 10.1. The highest BCUT2D eigenvalue weighted by atomic mass is 19.1. The van der Waals surface area contributed by atoms with Gasteiger partial charge in [0.15, 0.2) is 0 Å². The van der Waals surface area contributed by atoms with Gasteiger partial charge in [0.2, 0.25) is 5.91 Å². The number of hydrogen-bond donors (Lipinski definition) is 1. The van der Waals surface area contributed by atoms with E-state index in [2.05, 4.69) is 0 Å². The summed E-state index contributed by atoms with van der Waals surface area (Å²) in [7, 11) is 0. The number of ether oxygens (including phenoxy) is 1. The predicted octanol–water partition coefficient (Wildman–Crippen LogP) is 3.59. The van der Waals surface area contributed by atoms with Crippen LogP contribution in [0.5, 0.6) is 0 Å². The Labute approximate surface area is 146 Å². The fourth-order valence-corrected chi connectivity index (χ4v) is 3.08. The van der Waals surface area contributed by atoms with Crippen molar-refractivity contribution >= 4 is 5.91 Å². The first kappa shape index (κ1) is 17.6. The maximum Gasteiger partial charge on any atom is 0.224 e. The van der Waals surface area contributed by atoms with E-state index in [0.29, 0.717) is 38.2 Å². The van der Waals surface area contributed by atoms with Gasteiger partial charge in [0.1, 0.15) is 12.5 Å². The van der Waals surface area contributed by atoms with E-state index in [0.717, 1.165) is 5.56 Å². The predicted molar refractivity (Wildman–Crippen MR) is 92.1 cm³/mol. The first-order valence-corrected chi connectivity index (χ1v) is 8.51. The summed E-state index contributed by atoms with van der Waals surface area (Å²) < 4.78 is 18.4. The Morgan fingerprint density at radius 2 is 1.92 bits per heavy atom. The van der Waals surface area contributed by atoms with Crippen LogP contribution in [0.2, 0.25) is 0 Å². The average Bonchev–Trinajstić information content (AvgIpc) is 3.13. The highest BCUT2D eigenvalue weighted by molar-refractivity contribution is 5.76. The van der Waals surface area contributed by atoms with Crippen molar-refractivity contribution in [1.29, 1.82) is 0 Å². The van der Waals surface area contributed by atoms with Gasteiger partial charge >= 0.3 is 0 Å². The van der Waals surface area contributed by atoms with Crippen LogP contribution in [-0.2, 0) is 9.53 Å². The number of aliphatic hydroxyl groups excluding tert-OH is 1. The SMILES string of the molecule is O=C(CCCC(O)c1ccc(F)cc1)N1COCC1c1ccccc1. The summed E-state index contributed by atoms with van der Waals surface area (Å²) >= 11 is 0. The van der Waals surface area contributed by atoms with E-state index < -0.39 is 6.10 Å². The van der Waals surface area contributed by atoms with Crippen molar-refractivity contribution in [2.75, 3.05) is 13.3 Å². The number of carbonyl (C=O) groups excluding carboxylic acids is 1. The number of amides is 1. The van der Waals surface area contributed by atoms with E-state index in [1.54, 1.807) is 17.0 Å². The monoisotopic (exact) mass is 343 g/mol. The molecule has 0 saturated carbocycles. The maximum absolute atomic E-state index is 12.9. The summed E-state index contributed by atoms with van der Waals surface area (Å²) in [6.07, 6.45) is 0.690. The summed E-state index contributed by atoms with van der Waals surface area (Å²) in [6.45, 7) is 0.812. The van der Waals surface area contributed by atoms with Crippen LogP contribution in [0.4, 0.5) is 4.39 Å². The fraction of sp³-hybridized carbons (Fsp3) is 0.350. The van der Waals surface area contributed by atoms with Crippen molar-refractivity contribution < 1.29 is 19.0 Å². The topological polar surface area (TPSA) is 49.8 Å². The number of hydrogen-bond acceptors (Lipinski definition) is 3. The highest BCUT2D eigenvalue weighted by Crippen LogP contribution is 2.27. The molecule has 3 rings (SSSR count). The Morgan fingerprint density at radius 3 is 2.64 bits per heavy atom. The van der Waals surface area contributed by atoms with E-state index in [4.69, 9.17) is 4.74 Å². The van der Waals surface area contributed by atoms with Gasteiger partial charge in [-0.25, -0.2) is 4.39 Å². The van der Waals surface area contributed by atoms with Gasteiger partial charge in [-0.1, -0.05) is 42.5 Å². The summed E-state index contributed by atoms with van der Waals surface area (Å²) in [5.74, 6) is -0.301. The summed E-state index contributed by atoms with van der Waals surface area (Å²) in [6, 6.07) is 15.6. The minimum Gasteiger partial charge on any atom is -0.388 e. The van der Waals surface area contributed by atoms with Crippen LogP contribution < -0.4 is 0 Å². The quantitative estimate of drug-likeness (QED) is 0.872. The van der Waals surface area contributed by atoms with E-state index >= 15 is 0 Å². The molecule has 2 aromatic carbocycles. The van der Waals surface area contributed by atoms with Crippen molar-refractivity contribution in [3.8, 4) is 0 Å². The van der Waals surface area contributed by atoms with Crippen molar-refractivity contribution in [3.05, 3.63) is 71.5 Å². The molecule has 132 valence electrons. The van der Waals surface area contributed by atoms with Gasteiger partial charge in [0.05, 0.1) is 18.8 Å². The molecule has 2 aromatic rings. The number of halogens is 1. The Morgan fingerprint density at radius 1 is 1.20 bits per heavy atom. The lowest BCUT2D eigenvalue weighted by Crippen LogP contribution is -2.31. The number of carbonyl (C=O) groups is 1. The van der Waals surface area contributed by atoms with Gasteiger partial charge in [0, 0.05) is 6.42 Å². The lowest BCUT2D eigenvalue weighted by Gasteiger charge is -2.23. The van der Waals surface area contributed by atoms with Crippen LogP contribution in [0, 0.1) is 5.82 Å². The lowest BCUT2D eigenvalue weighted by molar-refractivity contribution is -0.133. The van der Waals surface area contributed by atoms with E-state index in [1.165, 1.54) is 12.1 Å². The second-order valence-electron chi connectivity index (χ2n) is 6.25. The van der Waals surface area contributed by atoms with Crippen LogP contribution in [-0.4, -0.2) is 29.3 Å². The molecule has 0 aliphatic carbocycles. The summed E-state index contributed by atoms with van der Waals surface area (Å²) in [5.41, 5.74) is 1.74. The number of benzene rings is 2. The largest absolute Gasteiger partial charge is 0.388 e. The molecule has 0 aromatic heterocycles. The second-order valence-corrected chi connectivity index (χ2v) is 6.25. The first-order chi connectivity index (χ1) is 12.1. The minimum absolute atomic E-state index is 0.0256. The van der Waals surface area contributed by atoms with Crippen LogP contribution >= 0.6 is 0 Å². The van der Waals surface area contributed by atoms with Gasteiger partial charge in [-0.15, -0.1) is 0 Å². The smallest absolute Gasteiger partial charge is 0.224 e. The highest BCUT2D eigenvalue weighted by Gasteiger charge is 2.30. The van der Waals surface area contributed by atoms with Gasteiger partial charge < -0.3 is 14.7 Å². The number of nitrogens with zero attached hydrogens (tertiary/aromatic N) is 1. The molecule has 1 heterocycles. The minimum atomic E-state index is -0.687. The second kappa shape index (κ2) is 8.23. The van der Waals surface area contributed by atoms with Gasteiger partial charge in [-0.3, -0.25) is 4.79 Å². The van der Waals surface area contributed by atoms with E-state index in [1.807, 2.05) is 30.3 Å². The third kappa shape index (κ3) is 4.44. The van der Waals surface area contributed by atoms with Crippen molar-refractivity contribution in [2.45, 2.75) is 31.4 Å². The zero-order chi connectivity index (χ0) is 17.6. The average molecular weight is 343 g/mol. The molecule has 1 aliphatic rings. The Hall–Kier alpha value is -2.24. The molecule has 0 bridgehead atoms. The first-order valence-electron chi connectivity index (χ1n) is 8.51. The van der Waals surface area contributed by atoms with E-state index in [-0.39, 0.29) is 17.8 Å². The van der Waals surface area contributed by atoms with Gasteiger partial charge in [0.25, 0.3) is 0 Å². The molecule has 4 nitrogen and oxygen atoms in total. The third-order valence-electron chi connectivity index (χ3n) is 4.51. The summed E-state index contributed by atoms with van der Waals surface area (Å²) in [4.78, 5) is 14.3. The molecule has 2 unspecified atom stereocenters. The van der Waals surface area contributed by atoms with Gasteiger partial charge in [-0.05, 0) is 36.1 Å². The lowest BCUT2D eigenvalue weighted by atomic mass is 10.0. The van der Waals surface area contributed by atoms with Crippen LogP contribution in [0.3, 0.4) is 0 Å². The van der Waals surface area contributed by atoms with Crippen LogP contribution in [0.15, 0.2) is 54.6 Å². The Bertz CT molecular complexity index is 690. The van der Waals surface area contributed by atoms with Crippen LogP contribution in [0.25, 0.3) is 0 Å². The number of aliphatic hydroxyl groups is 1. The zero-order valence-corrected chi connectivity index (χ0v) is 14.0. The van der Waals surface area contributed by atoms with Crippen molar-refractivity contribution in [2.24, 2.45) is 0 Å². The third-order valence-corrected chi connectivity index (χ3v) is 4.51. The van der Waals surface area contributed by atoms with Gasteiger partial charge in [-0.2, -0.15) is 0 Å². The van der Waals surface area contributed by atoms with Crippen molar-refractivity contribution in [1.82, 2.24) is 4.90 Å². The Kier molecular flexibility index (Phi) is 5.79. The molecule has 0 radical (unpaired) electrons. The molecule has 25 heavy (non-hydrogen) atoms. The van der Waals surface area contributed by atoms with E-state index in [9.17, 15) is 14.3 Å². The fourth-order valence-electron chi connectivity index (χ4n) is 3.08. The number of rotatable bonds is 6. The maximum atomic E-state index is 12.9.